The summed E-state index contributed by atoms with van der Waals surface area (Å²) >= 11 is 0. The molecular weight excluding hydrogens is 292 g/mol. The van der Waals surface area contributed by atoms with E-state index in [0.717, 1.165) is 25.1 Å². The minimum atomic E-state index is 0.0321. The molecule has 6 nitrogen and oxygen atoms in total. The maximum absolute atomic E-state index is 12.4. The van der Waals surface area contributed by atoms with Gasteiger partial charge in [0, 0.05) is 37.9 Å². The van der Waals surface area contributed by atoms with Crippen LogP contribution in [0.4, 0.5) is 4.79 Å². The summed E-state index contributed by atoms with van der Waals surface area (Å²) in [7, 11) is 1.59. The fraction of sp³-hybridized carbons (Fsp3) is 0.647. The van der Waals surface area contributed by atoms with Gasteiger partial charge in [-0.3, -0.25) is 4.90 Å². The molecule has 2 fully saturated rings. The number of nitrogens with one attached hydrogen (secondary N) is 1. The van der Waals surface area contributed by atoms with Crippen LogP contribution in [0.3, 0.4) is 0 Å². The predicted octanol–water partition coefficient (Wildman–Crippen LogP) is 1.86. The first-order valence-corrected chi connectivity index (χ1v) is 8.52. The third kappa shape index (κ3) is 4.13. The van der Waals surface area contributed by atoms with Crippen molar-refractivity contribution >= 4 is 6.03 Å². The molecule has 2 saturated heterocycles. The molecule has 0 aliphatic carbocycles. The maximum atomic E-state index is 12.4. The van der Waals surface area contributed by atoms with Gasteiger partial charge in [-0.15, -0.1) is 0 Å². The number of pyridine rings is 1. The number of carbonyl (C=O) groups is 1. The summed E-state index contributed by atoms with van der Waals surface area (Å²) < 4.78 is 5.11. The molecule has 6 heteroatoms. The largest absolute Gasteiger partial charge is 0.481 e. The maximum Gasteiger partial charge on any atom is 0.317 e. The van der Waals surface area contributed by atoms with Crippen LogP contribution in [0.2, 0.25) is 0 Å². The second kappa shape index (κ2) is 7.64. The Morgan fingerprint density at radius 2 is 2.17 bits per heavy atom. The van der Waals surface area contributed by atoms with E-state index in [-0.39, 0.29) is 6.03 Å². The van der Waals surface area contributed by atoms with Crippen LogP contribution < -0.4 is 10.1 Å². The number of methoxy groups -OCH3 is 1. The number of carbonyl (C=O) groups excluding carboxylic acids is 1. The number of urea groups is 1. The third-order valence-corrected chi connectivity index (χ3v) is 4.79. The monoisotopic (exact) mass is 318 g/mol. The normalized spacial score (nSPS) is 22.1. The van der Waals surface area contributed by atoms with Crippen LogP contribution in [0.15, 0.2) is 18.3 Å². The van der Waals surface area contributed by atoms with Crippen LogP contribution in [-0.2, 0) is 6.54 Å². The topological polar surface area (TPSA) is 57.7 Å². The van der Waals surface area contributed by atoms with Gasteiger partial charge in [-0.1, -0.05) is 0 Å². The molecule has 0 saturated carbocycles. The summed E-state index contributed by atoms with van der Waals surface area (Å²) in [4.78, 5) is 21.0. The highest BCUT2D eigenvalue weighted by molar-refractivity contribution is 5.74. The molecule has 1 aromatic heterocycles. The van der Waals surface area contributed by atoms with Crippen LogP contribution in [0, 0.1) is 0 Å². The van der Waals surface area contributed by atoms with E-state index in [0.29, 0.717) is 18.5 Å². The van der Waals surface area contributed by atoms with E-state index in [2.05, 4.69) is 15.2 Å². The number of aromatic nitrogens is 1. The summed E-state index contributed by atoms with van der Waals surface area (Å²) in [5, 5.41) is 3.02. The van der Waals surface area contributed by atoms with Crippen molar-refractivity contribution in [1.82, 2.24) is 20.1 Å². The lowest BCUT2D eigenvalue weighted by Crippen LogP contribution is -2.51. The Morgan fingerprint density at radius 3 is 2.96 bits per heavy atom. The lowest BCUT2D eigenvalue weighted by molar-refractivity contribution is 0.125. The molecule has 1 atom stereocenters. The summed E-state index contributed by atoms with van der Waals surface area (Å²) in [6, 6.07) is 4.32. The quantitative estimate of drug-likeness (QED) is 0.920. The summed E-state index contributed by atoms with van der Waals surface area (Å²) in [6.07, 6.45) is 6.60. The molecule has 1 aromatic rings. The molecule has 0 radical (unpaired) electrons. The van der Waals surface area contributed by atoms with E-state index in [4.69, 9.17) is 4.74 Å². The number of piperidine rings is 1. The molecule has 0 aromatic carbocycles. The van der Waals surface area contributed by atoms with Crippen molar-refractivity contribution < 1.29 is 9.53 Å². The molecule has 1 unspecified atom stereocenters. The van der Waals surface area contributed by atoms with Gasteiger partial charge in [-0.25, -0.2) is 9.78 Å². The van der Waals surface area contributed by atoms with Crippen LogP contribution in [0.5, 0.6) is 5.88 Å². The highest BCUT2D eigenvalue weighted by Gasteiger charge is 2.29. The Bertz CT molecular complexity index is 531. The third-order valence-electron chi connectivity index (χ3n) is 4.79. The van der Waals surface area contributed by atoms with Crippen molar-refractivity contribution in [2.75, 3.05) is 33.3 Å². The Hall–Kier alpha value is -1.82. The number of amides is 2. The highest BCUT2D eigenvalue weighted by atomic mass is 16.5. The number of ether oxygens (including phenoxy) is 1. The van der Waals surface area contributed by atoms with E-state index < -0.39 is 0 Å². The van der Waals surface area contributed by atoms with Gasteiger partial charge in [-0.2, -0.15) is 0 Å². The van der Waals surface area contributed by atoms with E-state index >= 15 is 0 Å². The molecule has 126 valence electrons. The number of hydrogen-bond donors (Lipinski definition) is 1. The molecule has 23 heavy (non-hydrogen) atoms. The van der Waals surface area contributed by atoms with Gasteiger partial charge in [0.15, 0.2) is 0 Å². The molecule has 1 N–H and O–H groups in total. The van der Waals surface area contributed by atoms with Gasteiger partial charge in [0.05, 0.1) is 7.11 Å². The van der Waals surface area contributed by atoms with E-state index in [1.165, 1.54) is 32.4 Å². The number of likely N-dealkylation sites (tertiary alicyclic amines) is 2. The summed E-state index contributed by atoms with van der Waals surface area (Å²) in [6.45, 7) is 4.60. The Morgan fingerprint density at radius 1 is 1.35 bits per heavy atom. The van der Waals surface area contributed by atoms with Crippen LogP contribution in [0.1, 0.15) is 31.2 Å². The van der Waals surface area contributed by atoms with Crippen LogP contribution in [0.25, 0.3) is 0 Å². The molecule has 2 aliphatic rings. The minimum absolute atomic E-state index is 0.0321. The Kier molecular flexibility index (Phi) is 5.33. The lowest BCUT2D eigenvalue weighted by Gasteiger charge is -2.37. The van der Waals surface area contributed by atoms with Gasteiger partial charge >= 0.3 is 6.03 Å². The molecule has 2 amide bonds. The summed E-state index contributed by atoms with van der Waals surface area (Å²) in [5.41, 5.74) is 0.998. The fourth-order valence-corrected chi connectivity index (χ4v) is 3.51. The second-order valence-electron chi connectivity index (χ2n) is 6.35. The Balaban J connectivity index is 1.50. The van der Waals surface area contributed by atoms with Gasteiger partial charge < -0.3 is 15.0 Å². The van der Waals surface area contributed by atoms with Crippen molar-refractivity contribution in [3.8, 4) is 5.88 Å². The standard InChI is InChI=1S/C17H26N4O2/c1-23-16-11-14(6-7-18-16)12-19-17(22)21-10-4-5-15(13-21)20-8-2-3-9-20/h6-7,11,15H,2-5,8-10,12-13H2,1H3,(H,19,22). The Labute approximate surface area is 137 Å². The molecule has 0 bridgehead atoms. The second-order valence-corrected chi connectivity index (χ2v) is 6.35. The van der Waals surface area contributed by atoms with Crippen LogP contribution >= 0.6 is 0 Å². The smallest absolute Gasteiger partial charge is 0.317 e. The highest BCUT2D eigenvalue weighted by Crippen LogP contribution is 2.20. The van der Waals surface area contributed by atoms with Crippen molar-refractivity contribution in [1.29, 1.82) is 0 Å². The van der Waals surface area contributed by atoms with Gasteiger partial charge in [0.1, 0.15) is 0 Å². The predicted molar refractivity (Wildman–Crippen MR) is 88.4 cm³/mol. The van der Waals surface area contributed by atoms with Gasteiger partial charge in [-0.05, 0) is 50.4 Å². The SMILES string of the molecule is COc1cc(CNC(=O)N2CCCC(N3CCCC3)C2)ccn1. The first-order valence-electron chi connectivity index (χ1n) is 8.52. The molecule has 3 heterocycles. The molecule has 3 rings (SSSR count). The average Bonchev–Trinajstić information content (AvgIpc) is 3.14. The van der Waals surface area contributed by atoms with Crippen LogP contribution in [-0.4, -0.2) is 60.1 Å². The fourth-order valence-electron chi connectivity index (χ4n) is 3.51. The van der Waals surface area contributed by atoms with Crippen molar-refractivity contribution in [2.45, 2.75) is 38.3 Å². The lowest BCUT2D eigenvalue weighted by atomic mass is 10.0. The molecular formula is C17H26N4O2. The van der Waals surface area contributed by atoms with Crippen molar-refractivity contribution in [2.24, 2.45) is 0 Å². The van der Waals surface area contributed by atoms with E-state index in [1.807, 2.05) is 17.0 Å². The zero-order valence-electron chi connectivity index (χ0n) is 13.8. The minimum Gasteiger partial charge on any atom is -0.481 e. The van der Waals surface area contributed by atoms with Gasteiger partial charge in [0.25, 0.3) is 0 Å². The zero-order chi connectivity index (χ0) is 16.1. The average molecular weight is 318 g/mol. The van der Waals surface area contributed by atoms with Crippen molar-refractivity contribution in [3.05, 3.63) is 23.9 Å². The first kappa shape index (κ1) is 16.1. The zero-order valence-corrected chi connectivity index (χ0v) is 13.8. The molecule has 2 aliphatic heterocycles. The number of hydrogen-bond acceptors (Lipinski definition) is 4. The number of rotatable bonds is 4. The first-order chi connectivity index (χ1) is 11.3. The summed E-state index contributed by atoms with van der Waals surface area (Å²) in [5.74, 6) is 0.573. The number of nitrogens with zero attached hydrogens (tertiary/aromatic N) is 3. The van der Waals surface area contributed by atoms with Crippen molar-refractivity contribution in [3.63, 3.8) is 0 Å². The van der Waals surface area contributed by atoms with E-state index in [9.17, 15) is 4.79 Å². The molecule has 0 spiro atoms. The van der Waals surface area contributed by atoms with Gasteiger partial charge in [0.2, 0.25) is 5.88 Å². The van der Waals surface area contributed by atoms with E-state index in [1.54, 1.807) is 13.3 Å².